The van der Waals surface area contributed by atoms with Gasteiger partial charge in [-0.1, -0.05) is 11.6 Å². The summed E-state index contributed by atoms with van der Waals surface area (Å²) in [4.78, 5) is 12.4. The summed E-state index contributed by atoms with van der Waals surface area (Å²) in [6, 6.07) is 6.13. The van der Waals surface area contributed by atoms with Crippen LogP contribution in [0.25, 0.3) is 0 Å². The minimum Gasteiger partial charge on any atom is -0.467 e. The first-order valence-electron chi connectivity index (χ1n) is 8.67. The van der Waals surface area contributed by atoms with Gasteiger partial charge in [-0.05, 0) is 31.0 Å². The lowest BCUT2D eigenvalue weighted by Gasteiger charge is -2.22. The highest BCUT2D eigenvalue weighted by Crippen LogP contribution is 2.32. The minimum atomic E-state index is -3.60. The van der Waals surface area contributed by atoms with Crippen LogP contribution in [0.15, 0.2) is 40.2 Å². The van der Waals surface area contributed by atoms with Gasteiger partial charge in [-0.15, -0.1) is 0 Å². The van der Waals surface area contributed by atoms with Crippen LogP contribution in [0.1, 0.15) is 24.0 Å². The van der Waals surface area contributed by atoms with Crippen LogP contribution < -0.4 is 10.3 Å². The van der Waals surface area contributed by atoms with Crippen molar-refractivity contribution in [3.05, 3.63) is 57.0 Å². The summed E-state index contributed by atoms with van der Waals surface area (Å²) in [5, 5.41) is 0.506. The summed E-state index contributed by atoms with van der Waals surface area (Å²) >= 11 is 6.18. The molecular formula is C18H19ClN2O5S. The maximum absolute atomic E-state index is 12.8. The first-order valence-corrected chi connectivity index (χ1v) is 10.5. The number of aromatic nitrogens is 1. The van der Waals surface area contributed by atoms with Crippen LogP contribution in [0.3, 0.4) is 0 Å². The number of fused-ring (bicyclic) bond motifs is 1. The van der Waals surface area contributed by atoms with Gasteiger partial charge in [0.2, 0.25) is 10.0 Å². The Morgan fingerprint density at radius 2 is 1.93 bits per heavy atom. The molecule has 27 heavy (non-hydrogen) atoms. The molecule has 7 nitrogen and oxygen atoms in total. The van der Waals surface area contributed by atoms with Crippen LogP contribution in [-0.4, -0.2) is 37.2 Å². The van der Waals surface area contributed by atoms with Crippen LogP contribution >= 0.6 is 11.6 Å². The molecule has 4 rings (SSSR count). The van der Waals surface area contributed by atoms with Gasteiger partial charge < -0.3 is 14.0 Å². The predicted molar refractivity (Wildman–Crippen MR) is 99.5 cm³/mol. The summed E-state index contributed by atoms with van der Waals surface area (Å²) in [7, 11) is -3.60. The number of pyridine rings is 1. The summed E-state index contributed by atoms with van der Waals surface area (Å²) in [5.41, 5.74) is 1.22. The van der Waals surface area contributed by atoms with Gasteiger partial charge in [0, 0.05) is 41.5 Å². The molecule has 0 N–H and O–H groups in total. The van der Waals surface area contributed by atoms with Crippen molar-refractivity contribution in [2.24, 2.45) is 0 Å². The summed E-state index contributed by atoms with van der Waals surface area (Å²) < 4.78 is 39.2. The van der Waals surface area contributed by atoms with E-state index in [1.54, 1.807) is 12.1 Å². The Morgan fingerprint density at radius 3 is 2.70 bits per heavy atom. The van der Waals surface area contributed by atoms with Crippen molar-refractivity contribution in [1.82, 2.24) is 8.87 Å². The van der Waals surface area contributed by atoms with Crippen LogP contribution in [-0.2, 0) is 27.9 Å². The van der Waals surface area contributed by atoms with E-state index in [0.29, 0.717) is 36.0 Å². The Hall–Kier alpha value is -1.87. The molecule has 0 bridgehead atoms. The van der Waals surface area contributed by atoms with Crippen LogP contribution in [0.2, 0.25) is 5.02 Å². The van der Waals surface area contributed by atoms with Gasteiger partial charge in [-0.25, -0.2) is 8.42 Å². The first-order chi connectivity index (χ1) is 12.9. The maximum atomic E-state index is 12.8. The Morgan fingerprint density at radius 1 is 1.15 bits per heavy atom. The molecule has 2 aliphatic rings. The Labute approximate surface area is 162 Å². The third-order valence-corrected chi connectivity index (χ3v) is 6.85. The van der Waals surface area contributed by atoms with Gasteiger partial charge in [-0.3, -0.25) is 4.79 Å². The molecule has 0 radical (unpaired) electrons. The second-order valence-corrected chi connectivity index (χ2v) is 8.98. The van der Waals surface area contributed by atoms with E-state index in [2.05, 4.69) is 0 Å². The van der Waals surface area contributed by atoms with E-state index in [4.69, 9.17) is 21.1 Å². The normalized spacial score (nSPS) is 17.5. The van der Waals surface area contributed by atoms with Gasteiger partial charge in [0.25, 0.3) is 5.56 Å². The van der Waals surface area contributed by atoms with Crippen molar-refractivity contribution < 1.29 is 17.9 Å². The largest absolute Gasteiger partial charge is 0.467 e. The molecule has 0 saturated carbocycles. The van der Waals surface area contributed by atoms with E-state index in [1.165, 1.54) is 27.2 Å². The molecule has 0 amide bonds. The van der Waals surface area contributed by atoms with Gasteiger partial charge >= 0.3 is 0 Å². The SMILES string of the molecule is O=c1ccc(S(=O)(=O)N2CCCC2)cn1Cc1cc(Cl)cc2c1OCOC2. The number of sulfonamides is 1. The minimum absolute atomic E-state index is 0.115. The van der Waals surface area contributed by atoms with Crippen molar-refractivity contribution in [2.45, 2.75) is 30.9 Å². The van der Waals surface area contributed by atoms with Crippen LogP contribution in [0, 0.1) is 0 Å². The van der Waals surface area contributed by atoms with Crippen molar-refractivity contribution >= 4 is 21.6 Å². The number of halogens is 1. The smallest absolute Gasteiger partial charge is 0.250 e. The van der Waals surface area contributed by atoms with E-state index < -0.39 is 10.0 Å². The Kier molecular flexibility index (Phi) is 4.98. The lowest BCUT2D eigenvalue weighted by molar-refractivity contribution is -0.0170. The van der Waals surface area contributed by atoms with E-state index in [0.717, 1.165) is 18.4 Å². The van der Waals surface area contributed by atoms with Crippen LogP contribution in [0.5, 0.6) is 5.75 Å². The topological polar surface area (TPSA) is 77.8 Å². The molecule has 2 aromatic rings. The molecule has 0 unspecified atom stereocenters. The van der Waals surface area contributed by atoms with Crippen molar-refractivity contribution in [2.75, 3.05) is 19.9 Å². The number of hydrogen-bond acceptors (Lipinski definition) is 5. The zero-order valence-electron chi connectivity index (χ0n) is 14.6. The van der Waals surface area contributed by atoms with E-state index >= 15 is 0 Å². The summed E-state index contributed by atoms with van der Waals surface area (Å²) in [6.45, 7) is 1.68. The van der Waals surface area contributed by atoms with Gasteiger partial charge in [0.15, 0.2) is 6.79 Å². The molecule has 1 saturated heterocycles. The summed E-state index contributed by atoms with van der Waals surface area (Å²) in [5.74, 6) is 0.630. The van der Waals surface area contributed by atoms with Gasteiger partial charge in [0.05, 0.1) is 18.0 Å². The quantitative estimate of drug-likeness (QED) is 0.772. The number of rotatable bonds is 4. The van der Waals surface area contributed by atoms with Crippen molar-refractivity contribution in [1.29, 1.82) is 0 Å². The van der Waals surface area contributed by atoms with Crippen molar-refractivity contribution in [3.63, 3.8) is 0 Å². The standard InChI is InChI=1S/C18H19ClN2O5S/c19-15-7-13(18-14(8-15)11-25-12-26-18)9-20-10-16(3-4-17(20)22)27(23,24)21-5-1-2-6-21/h3-4,7-8,10H,1-2,5-6,9,11-12H2. The molecule has 0 aliphatic carbocycles. The average Bonchev–Trinajstić information content (AvgIpc) is 3.19. The first kappa shape index (κ1) is 18.5. The zero-order chi connectivity index (χ0) is 19.0. The third-order valence-electron chi connectivity index (χ3n) is 4.75. The van der Waals surface area contributed by atoms with E-state index in [9.17, 15) is 13.2 Å². The van der Waals surface area contributed by atoms with E-state index in [1.807, 2.05) is 0 Å². The number of nitrogens with zero attached hydrogens (tertiary/aromatic N) is 2. The predicted octanol–water partition coefficient (Wildman–Crippen LogP) is 2.20. The van der Waals surface area contributed by atoms with Gasteiger partial charge in [-0.2, -0.15) is 4.31 Å². The Balaban J connectivity index is 1.71. The highest BCUT2D eigenvalue weighted by atomic mass is 35.5. The second-order valence-electron chi connectivity index (χ2n) is 6.61. The number of ether oxygens (including phenoxy) is 2. The van der Waals surface area contributed by atoms with Crippen molar-refractivity contribution in [3.8, 4) is 5.75 Å². The highest BCUT2D eigenvalue weighted by molar-refractivity contribution is 7.89. The van der Waals surface area contributed by atoms with Crippen LogP contribution in [0.4, 0.5) is 0 Å². The second kappa shape index (κ2) is 7.27. The third kappa shape index (κ3) is 3.62. The fourth-order valence-corrected chi connectivity index (χ4v) is 5.22. The fraction of sp³-hybridized carbons (Fsp3) is 0.389. The molecule has 1 fully saturated rings. The lowest BCUT2D eigenvalue weighted by atomic mass is 10.1. The van der Waals surface area contributed by atoms with Gasteiger partial charge in [0.1, 0.15) is 5.75 Å². The number of hydrogen-bond donors (Lipinski definition) is 0. The molecule has 3 heterocycles. The Bertz CT molecular complexity index is 1030. The summed E-state index contributed by atoms with van der Waals surface area (Å²) in [6.07, 6.45) is 3.10. The zero-order valence-corrected chi connectivity index (χ0v) is 16.1. The molecular weight excluding hydrogens is 392 g/mol. The molecule has 144 valence electrons. The molecule has 2 aliphatic heterocycles. The molecule has 1 aromatic heterocycles. The van der Waals surface area contributed by atoms with E-state index in [-0.39, 0.29) is 23.8 Å². The average molecular weight is 411 g/mol. The molecule has 0 atom stereocenters. The molecule has 9 heteroatoms. The fourth-order valence-electron chi connectivity index (χ4n) is 3.42. The molecule has 1 aromatic carbocycles. The maximum Gasteiger partial charge on any atom is 0.250 e. The lowest BCUT2D eigenvalue weighted by Crippen LogP contribution is -2.30. The highest BCUT2D eigenvalue weighted by Gasteiger charge is 2.28. The monoisotopic (exact) mass is 410 g/mol. The molecule has 0 spiro atoms. The number of benzene rings is 1.